The van der Waals surface area contributed by atoms with E-state index in [1.807, 2.05) is 31.2 Å². The molecule has 0 bridgehead atoms. The Bertz CT molecular complexity index is 621. The standard InChI is InChI=1S/C14H16N4OS/c1-10-4-2-3-5-12(10)16-13(19)8-20-14-17-15-9-18(14)11-6-7-11/h2-5,9,11H,6-8H2,1H3,(H,16,19). The number of hydrogen-bond donors (Lipinski definition) is 1. The molecule has 1 fully saturated rings. The Labute approximate surface area is 121 Å². The van der Waals surface area contributed by atoms with E-state index in [2.05, 4.69) is 20.1 Å². The van der Waals surface area contributed by atoms with Gasteiger partial charge in [0.1, 0.15) is 6.33 Å². The van der Waals surface area contributed by atoms with E-state index < -0.39 is 0 Å². The summed E-state index contributed by atoms with van der Waals surface area (Å²) < 4.78 is 2.06. The molecule has 0 atom stereocenters. The van der Waals surface area contributed by atoms with Gasteiger partial charge in [0.25, 0.3) is 0 Å². The summed E-state index contributed by atoms with van der Waals surface area (Å²) in [5.74, 6) is 0.328. The van der Waals surface area contributed by atoms with Gasteiger partial charge in [0, 0.05) is 11.7 Å². The molecule has 1 heterocycles. The third-order valence-electron chi connectivity index (χ3n) is 3.23. The predicted molar refractivity (Wildman–Crippen MR) is 78.8 cm³/mol. The number of carbonyl (C=O) groups excluding carboxylic acids is 1. The lowest BCUT2D eigenvalue weighted by Crippen LogP contribution is -2.15. The van der Waals surface area contributed by atoms with Crippen LogP contribution in [0.25, 0.3) is 0 Å². The van der Waals surface area contributed by atoms with Gasteiger partial charge in [0.15, 0.2) is 5.16 Å². The van der Waals surface area contributed by atoms with E-state index >= 15 is 0 Å². The van der Waals surface area contributed by atoms with Crippen LogP contribution in [-0.2, 0) is 4.79 Å². The van der Waals surface area contributed by atoms with Crippen molar-refractivity contribution >= 4 is 23.4 Å². The summed E-state index contributed by atoms with van der Waals surface area (Å²) in [5.41, 5.74) is 1.92. The average Bonchev–Trinajstić information content (AvgIpc) is 3.18. The Kier molecular flexibility index (Phi) is 3.73. The number of thioether (sulfide) groups is 1. The van der Waals surface area contributed by atoms with Crippen molar-refractivity contribution in [1.82, 2.24) is 14.8 Å². The van der Waals surface area contributed by atoms with Crippen LogP contribution in [0, 0.1) is 6.92 Å². The minimum Gasteiger partial charge on any atom is -0.325 e. The Morgan fingerprint density at radius 1 is 1.45 bits per heavy atom. The number of nitrogens with one attached hydrogen (secondary N) is 1. The largest absolute Gasteiger partial charge is 0.325 e. The molecule has 1 aliphatic carbocycles. The highest BCUT2D eigenvalue weighted by atomic mass is 32.2. The Morgan fingerprint density at radius 2 is 2.25 bits per heavy atom. The number of para-hydroxylation sites is 1. The highest BCUT2D eigenvalue weighted by Crippen LogP contribution is 2.37. The summed E-state index contributed by atoms with van der Waals surface area (Å²) in [7, 11) is 0. The number of rotatable bonds is 5. The number of benzene rings is 1. The second kappa shape index (κ2) is 5.66. The van der Waals surface area contributed by atoms with E-state index in [0.29, 0.717) is 11.8 Å². The second-order valence-electron chi connectivity index (χ2n) is 4.90. The molecule has 1 aromatic heterocycles. The van der Waals surface area contributed by atoms with Crippen LogP contribution in [0.2, 0.25) is 0 Å². The van der Waals surface area contributed by atoms with Crippen LogP contribution in [0.15, 0.2) is 35.7 Å². The van der Waals surface area contributed by atoms with Gasteiger partial charge in [-0.15, -0.1) is 10.2 Å². The van der Waals surface area contributed by atoms with Crippen molar-refractivity contribution in [2.24, 2.45) is 0 Å². The van der Waals surface area contributed by atoms with Crippen molar-refractivity contribution in [3.63, 3.8) is 0 Å². The molecule has 104 valence electrons. The lowest BCUT2D eigenvalue weighted by molar-refractivity contribution is -0.113. The first kappa shape index (κ1) is 13.2. The van der Waals surface area contributed by atoms with Crippen molar-refractivity contribution in [2.45, 2.75) is 31.0 Å². The maximum atomic E-state index is 12.0. The van der Waals surface area contributed by atoms with Gasteiger partial charge in [-0.1, -0.05) is 30.0 Å². The van der Waals surface area contributed by atoms with E-state index in [1.54, 1.807) is 6.33 Å². The van der Waals surface area contributed by atoms with E-state index in [4.69, 9.17) is 0 Å². The van der Waals surface area contributed by atoms with Crippen molar-refractivity contribution < 1.29 is 4.79 Å². The smallest absolute Gasteiger partial charge is 0.234 e. The van der Waals surface area contributed by atoms with Gasteiger partial charge in [-0.3, -0.25) is 4.79 Å². The van der Waals surface area contributed by atoms with Crippen LogP contribution in [0.4, 0.5) is 5.69 Å². The Balaban J connectivity index is 1.57. The van der Waals surface area contributed by atoms with Crippen molar-refractivity contribution in [2.75, 3.05) is 11.1 Å². The molecule has 0 saturated heterocycles. The molecule has 20 heavy (non-hydrogen) atoms. The van der Waals surface area contributed by atoms with Crippen LogP contribution < -0.4 is 5.32 Å². The first-order valence-electron chi connectivity index (χ1n) is 6.62. The average molecular weight is 288 g/mol. The quantitative estimate of drug-likeness (QED) is 0.859. The topological polar surface area (TPSA) is 59.8 Å². The summed E-state index contributed by atoms with van der Waals surface area (Å²) in [6, 6.07) is 8.29. The SMILES string of the molecule is Cc1ccccc1NC(=O)CSc1nncn1C1CC1. The van der Waals surface area contributed by atoms with Gasteiger partial charge >= 0.3 is 0 Å². The number of aromatic nitrogens is 3. The monoisotopic (exact) mass is 288 g/mol. The zero-order valence-corrected chi connectivity index (χ0v) is 12.1. The molecule has 0 unspecified atom stereocenters. The Hall–Kier alpha value is -1.82. The molecule has 0 radical (unpaired) electrons. The number of anilines is 1. The van der Waals surface area contributed by atoms with E-state index in [-0.39, 0.29) is 5.91 Å². The van der Waals surface area contributed by atoms with Gasteiger partial charge in [-0.2, -0.15) is 0 Å². The predicted octanol–water partition coefficient (Wildman–Crippen LogP) is 2.65. The molecular formula is C14H16N4OS. The fourth-order valence-corrected chi connectivity index (χ4v) is 2.75. The summed E-state index contributed by atoms with van der Waals surface area (Å²) in [5, 5.41) is 11.7. The first-order valence-corrected chi connectivity index (χ1v) is 7.60. The Morgan fingerprint density at radius 3 is 3.00 bits per heavy atom. The first-order chi connectivity index (χ1) is 9.74. The molecule has 1 aromatic carbocycles. The highest BCUT2D eigenvalue weighted by Gasteiger charge is 2.26. The minimum atomic E-state index is -0.0188. The van der Waals surface area contributed by atoms with Gasteiger partial charge < -0.3 is 9.88 Å². The summed E-state index contributed by atoms with van der Waals surface area (Å²) in [6.07, 6.45) is 4.11. The van der Waals surface area contributed by atoms with E-state index in [0.717, 1.165) is 16.4 Å². The van der Waals surface area contributed by atoms with Crippen molar-refractivity contribution in [1.29, 1.82) is 0 Å². The van der Waals surface area contributed by atoms with Gasteiger partial charge in [0.2, 0.25) is 5.91 Å². The minimum absolute atomic E-state index is 0.0188. The third kappa shape index (κ3) is 3.01. The van der Waals surface area contributed by atoms with Crippen LogP contribution in [0.5, 0.6) is 0 Å². The number of carbonyl (C=O) groups is 1. The molecule has 1 N–H and O–H groups in total. The van der Waals surface area contributed by atoms with E-state index in [1.165, 1.54) is 24.6 Å². The van der Waals surface area contributed by atoms with Gasteiger partial charge in [0.05, 0.1) is 5.75 Å². The molecule has 1 amide bonds. The third-order valence-corrected chi connectivity index (χ3v) is 4.19. The fraction of sp³-hybridized carbons (Fsp3) is 0.357. The molecule has 0 spiro atoms. The highest BCUT2D eigenvalue weighted by molar-refractivity contribution is 7.99. The molecule has 6 heteroatoms. The molecule has 1 aliphatic rings. The fourth-order valence-electron chi connectivity index (χ4n) is 1.97. The molecule has 1 saturated carbocycles. The van der Waals surface area contributed by atoms with Gasteiger partial charge in [-0.05, 0) is 31.4 Å². The number of aryl methyl sites for hydroxylation is 1. The van der Waals surface area contributed by atoms with Crippen molar-refractivity contribution in [3.05, 3.63) is 36.2 Å². The van der Waals surface area contributed by atoms with Crippen LogP contribution in [0.1, 0.15) is 24.4 Å². The summed E-state index contributed by atoms with van der Waals surface area (Å²) >= 11 is 1.43. The molecule has 5 nitrogen and oxygen atoms in total. The number of hydrogen-bond acceptors (Lipinski definition) is 4. The maximum Gasteiger partial charge on any atom is 0.234 e. The zero-order valence-electron chi connectivity index (χ0n) is 11.2. The lowest BCUT2D eigenvalue weighted by atomic mass is 10.2. The number of nitrogens with zero attached hydrogens (tertiary/aromatic N) is 3. The molecular weight excluding hydrogens is 272 g/mol. The molecule has 3 rings (SSSR count). The second-order valence-corrected chi connectivity index (χ2v) is 5.85. The van der Waals surface area contributed by atoms with Crippen LogP contribution >= 0.6 is 11.8 Å². The number of amides is 1. The lowest BCUT2D eigenvalue weighted by Gasteiger charge is -2.08. The normalized spacial score (nSPS) is 14.2. The summed E-state index contributed by atoms with van der Waals surface area (Å²) in [4.78, 5) is 12.0. The summed E-state index contributed by atoms with van der Waals surface area (Å²) in [6.45, 7) is 1.98. The maximum absolute atomic E-state index is 12.0. The molecule has 0 aliphatic heterocycles. The zero-order chi connectivity index (χ0) is 13.9. The van der Waals surface area contributed by atoms with Gasteiger partial charge in [-0.25, -0.2) is 0 Å². The van der Waals surface area contributed by atoms with Crippen molar-refractivity contribution in [3.8, 4) is 0 Å². The van der Waals surface area contributed by atoms with Crippen LogP contribution in [-0.4, -0.2) is 26.4 Å². The van der Waals surface area contributed by atoms with Crippen LogP contribution in [0.3, 0.4) is 0 Å². The molecule has 2 aromatic rings. The van der Waals surface area contributed by atoms with E-state index in [9.17, 15) is 4.79 Å².